The number of imidazole rings is 1. The molecule has 1 amide bonds. The SMILES string of the molecule is CSc1ncn2cc(C3=C(C(=O)OCC4OC(=O)OC4C)N4C(=O)[C@H]([C@@H](C)O)[C@H]4[C@H]3C)sc12. The number of hydrogen-bond donors (Lipinski definition) is 1. The summed E-state index contributed by atoms with van der Waals surface area (Å²) in [5.41, 5.74) is 0.880. The van der Waals surface area contributed by atoms with Gasteiger partial charge < -0.3 is 24.2 Å². The second-order valence-electron chi connectivity index (χ2n) is 8.41. The van der Waals surface area contributed by atoms with Gasteiger partial charge in [-0.15, -0.1) is 23.1 Å². The van der Waals surface area contributed by atoms with Gasteiger partial charge in [0.15, 0.2) is 6.10 Å². The minimum atomic E-state index is -0.833. The Kier molecular flexibility index (Phi) is 5.41. The lowest BCUT2D eigenvalue weighted by Crippen LogP contribution is -2.63. The van der Waals surface area contributed by atoms with E-state index in [-0.39, 0.29) is 30.2 Å². The predicted octanol–water partition coefficient (Wildman–Crippen LogP) is 2.15. The minimum Gasteiger partial charge on any atom is -0.457 e. The summed E-state index contributed by atoms with van der Waals surface area (Å²) in [4.78, 5) is 45.1. The first-order chi connectivity index (χ1) is 15.7. The molecule has 5 rings (SSSR count). The lowest BCUT2D eigenvalue weighted by atomic mass is 9.77. The molecule has 10 nitrogen and oxygen atoms in total. The van der Waals surface area contributed by atoms with Crippen LogP contribution >= 0.6 is 23.1 Å². The fourth-order valence-corrected chi connectivity index (χ4v) is 6.72. The summed E-state index contributed by atoms with van der Waals surface area (Å²) in [7, 11) is 0. The Morgan fingerprint density at radius 2 is 2.12 bits per heavy atom. The monoisotopic (exact) mass is 493 g/mol. The van der Waals surface area contributed by atoms with Gasteiger partial charge in [0, 0.05) is 17.7 Å². The summed E-state index contributed by atoms with van der Waals surface area (Å²) >= 11 is 3.02. The van der Waals surface area contributed by atoms with Gasteiger partial charge in [0.1, 0.15) is 34.6 Å². The van der Waals surface area contributed by atoms with Crippen molar-refractivity contribution >= 4 is 51.5 Å². The highest BCUT2D eigenvalue weighted by atomic mass is 32.2. The molecule has 5 heterocycles. The molecule has 6 atom stereocenters. The smallest absolute Gasteiger partial charge is 0.457 e. The van der Waals surface area contributed by atoms with Crippen molar-refractivity contribution in [2.45, 2.75) is 50.2 Å². The first-order valence-corrected chi connectivity index (χ1v) is 12.6. The van der Waals surface area contributed by atoms with Crippen LogP contribution < -0.4 is 0 Å². The van der Waals surface area contributed by atoms with Crippen LogP contribution in [0.3, 0.4) is 0 Å². The van der Waals surface area contributed by atoms with Gasteiger partial charge in [-0.25, -0.2) is 14.6 Å². The molecule has 2 saturated heterocycles. The highest BCUT2D eigenvalue weighted by molar-refractivity contribution is 7.98. The largest absolute Gasteiger partial charge is 0.509 e. The molecule has 2 aromatic heterocycles. The molecule has 2 fully saturated rings. The third-order valence-electron chi connectivity index (χ3n) is 6.44. The van der Waals surface area contributed by atoms with Gasteiger partial charge in [0.05, 0.1) is 22.9 Å². The van der Waals surface area contributed by atoms with Crippen LogP contribution in [0.5, 0.6) is 0 Å². The zero-order chi connectivity index (χ0) is 23.6. The standard InChI is InChI=1S/C21H23N3O7S2/c1-8-13(12-5-23-7-22-17(32-4)19(23)33-12)16(24-15(8)14(9(2)25)18(24)26)20(27)29-6-11-10(3)30-21(28)31-11/h5,7-11,14-15,25H,6H2,1-4H3/t8-,9+,10?,11?,14+,15+/m0/s1. The number of hydrogen-bond acceptors (Lipinski definition) is 10. The van der Waals surface area contributed by atoms with Crippen LogP contribution in [0.15, 0.2) is 23.2 Å². The normalized spacial score (nSPS) is 29.7. The van der Waals surface area contributed by atoms with E-state index in [1.807, 2.05) is 23.8 Å². The molecule has 176 valence electrons. The Morgan fingerprint density at radius 1 is 1.36 bits per heavy atom. The molecule has 0 aliphatic carbocycles. The number of β-lactam (4-membered cyclic amide) rings is 1. The number of thioether (sulfide) groups is 1. The van der Waals surface area contributed by atoms with E-state index in [2.05, 4.69) is 4.98 Å². The third-order valence-corrected chi connectivity index (χ3v) is 8.39. The summed E-state index contributed by atoms with van der Waals surface area (Å²) in [5, 5.41) is 11.1. The molecule has 2 aromatic rings. The van der Waals surface area contributed by atoms with Crippen LogP contribution in [-0.4, -0.2) is 74.6 Å². The fraction of sp³-hybridized carbons (Fsp3) is 0.524. The number of carbonyl (C=O) groups excluding carboxylic acids is 3. The molecule has 2 unspecified atom stereocenters. The van der Waals surface area contributed by atoms with Crippen molar-refractivity contribution in [3.63, 3.8) is 0 Å². The zero-order valence-corrected chi connectivity index (χ0v) is 20.0. The van der Waals surface area contributed by atoms with E-state index in [0.717, 1.165) is 14.7 Å². The zero-order valence-electron chi connectivity index (χ0n) is 18.4. The van der Waals surface area contributed by atoms with Gasteiger partial charge in [-0.2, -0.15) is 0 Å². The minimum absolute atomic E-state index is 0.176. The number of amides is 1. The molecule has 0 saturated carbocycles. The average molecular weight is 494 g/mol. The number of esters is 1. The fourth-order valence-electron chi connectivity index (χ4n) is 4.80. The van der Waals surface area contributed by atoms with Crippen molar-refractivity contribution in [2.75, 3.05) is 12.9 Å². The van der Waals surface area contributed by atoms with E-state index >= 15 is 0 Å². The van der Waals surface area contributed by atoms with Crippen molar-refractivity contribution in [2.24, 2.45) is 11.8 Å². The van der Waals surface area contributed by atoms with E-state index in [0.29, 0.717) is 5.57 Å². The predicted molar refractivity (Wildman–Crippen MR) is 119 cm³/mol. The molecular weight excluding hydrogens is 470 g/mol. The average Bonchev–Trinajstić information content (AvgIpc) is 3.46. The van der Waals surface area contributed by atoms with Gasteiger partial charge in [0.25, 0.3) is 0 Å². The number of thiazole rings is 1. The summed E-state index contributed by atoms with van der Waals surface area (Å²) in [6, 6.07) is -0.332. The Bertz CT molecular complexity index is 1190. The summed E-state index contributed by atoms with van der Waals surface area (Å²) in [6.07, 6.45) is 2.66. The van der Waals surface area contributed by atoms with Gasteiger partial charge in [-0.3, -0.25) is 9.20 Å². The number of fused-ring (bicyclic) bond motifs is 2. The molecular formula is C21H23N3O7S2. The maximum Gasteiger partial charge on any atom is 0.509 e. The van der Waals surface area contributed by atoms with E-state index in [1.54, 1.807) is 20.2 Å². The second-order valence-corrected chi connectivity index (χ2v) is 10.2. The van der Waals surface area contributed by atoms with Crippen LogP contribution in [-0.2, 0) is 23.8 Å². The molecule has 3 aliphatic rings. The number of rotatable bonds is 6. The van der Waals surface area contributed by atoms with Crippen LogP contribution in [0.4, 0.5) is 4.79 Å². The lowest BCUT2D eigenvalue weighted by Gasteiger charge is -2.46. The van der Waals surface area contributed by atoms with Crippen molar-refractivity contribution in [1.82, 2.24) is 14.3 Å². The first-order valence-electron chi connectivity index (χ1n) is 10.5. The molecule has 0 radical (unpaired) electrons. The molecule has 0 aromatic carbocycles. The lowest BCUT2D eigenvalue weighted by molar-refractivity contribution is -0.164. The third kappa shape index (κ3) is 3.34. The quantitative estimate of drug-likeness (QED) is 0.367. The van der Waals surface area contributed by atoms with E-state index in [9.17, 15) is 19.5 Å². The van der Waals surface area contributed by atoms with Crippen molar-refractivity contribution in [3.05, 3.63) is 23.1 Å². The first kappa shape index (κ1) is 22.2. The Morgan fingerprint density at radius 3 is 2.76 bits per heavy atom. The summed E-state index contributed by atoms with van der Waals surface area (Å²) < 4.78 is 17.3. The van der Waals surface area contributed by atoms with Crippen LogP contribution in [0, 0.1) is 11.8 Å². The Balaban J connectivity index is 1.51. The van der Waals surface area contributed by atoms with E-state index < -0.39 is 36.4 Å². The number of cyclic esters (lactones) is 2. The summed E-state index contributed by atoms with van der Waals surface area (Å²) in [6.45, 7) is 5.01. The van der Waals surface area contributed by atoms with Crippen LogP contribution in [0.25, 0.3) is 10.4 Å². The Labute approximate surface area is 197 Å². The van der Waals surface area contributed by atoms with Crippen molar-refractivity contribution < 1.29 is 33.7 Å². The number of aliphatic hydroxyl groups excluding tert-OH is 1. The number of aromatic nitrogens is 2. The van der Waals surface area contributed by atoms with E-state index in [4.69, 9.17) is 14.2 Å². The number of carbonyl (C=O) groups is 3. The van der Waals surface area contributed by atoms with Crippen LogP contribution in [0.2, 0.25) is 0 Å². The van der Waals surface area contributed by atoms with Gasteiger partial charge in [-0.05, 0) is 20.1 Å². The van der Waals surface area contributed by atoms with E-state index in [1.165, 1.54) is 28.0 Å². The summed E-state index contributed by atoms with van der Waals surface area (Å²) in [5.74, 6) is -1.75. The number of nitrogens with zero attached hydrogens (tertiary/aromatic N) is 3. The highest BCUT2D eigenvalue weighted by Crippen LogP contribution is 2.52. The molecule has 0 spiro atoms. The molecule has 1 N–H and O–H groups in total. The van der Waals surface area contributed by atoms with Gasteiger partial charge in [-0.1, -0.05) is 6.92 Å². The molecule has 0 bridgehead atoms. The molecule has 12 heteroatoms. The van der Waals surface area contributed by atoms with Crippen LogP contribution in [0.1, 0.15) is 25.6 Å². The highest BCUT2D eigenvalue weighted by Gasteiger charge is 2.60. The molecule has 3 aliphatic heterocycles. The van der Waals surface area contributed by atoms with Crippen molar-refractivity contribution in [1.29, 1.82) is 0 Å². The molecule has 33 heavy (non-hydrogen) atoms. The number of ether oxygens (including phenoxy) is 3. The second kappa shape index (κ2) is 8.03. The van der Waals surface area contributed by atoms with Crippen molar-refractivity contribution in [3.8, 4) is 0 Å². The van der Waals surface area contributed by atoms with Gasteiger partial charge >= 0.3 is 12.1 Å². The topological polar surface area (TPSA) is 120 Å². The number of aliphatic hydroxyl groups is 1. The van der Waals surface area contributed by atoms with Gasteiger partial charge in [0.2, 0.25) is 5.91 Å². The maximum atomic E-state index is 13.3. The maximum absolute atomic E-state index is 13.3. The Hall–Kier alpha value is -2.57.